The molecule has 2 N–H and O–H groups in total. The molecule has 0 fully saturated rings. The number of aromatic nitrogens is 1. The van der Waals surface area contributed by atoms with Crippen molar-refractivity contribution in [2.75, 3.05) is 6.61 Å². The van der Waals surface area contributed by atoms with Crippen LogP contribution < -0.4 is 0 Å². The lowest BCUT2D eigenvalue weighted by Gasteiger charge is -2.01. The topological polar surface area (TPSA) is 74.7 Å². The molecule has 0 radical (unpaired) electrons. The number of esters is 1. The maximum Gasteiger partial charge on any atom is 0.340 e. The largest absolute Gasteiger partial charge is 0.508 e. The number of aromatic amines is 1. The second-order valence-electron chi connectivity index (χ2n) is 5.43. The number of nitrogens with zero attached hydrogens (tertiary/aromatic N) is 1. The summed E-state index contributed by atoms with van der Waals surface area (Å²) in [5.41, 5.74) is 3.74. The van der Waals surface area contributed by atoms with E-state index >= 15 is 0 Å². The van der Waals surface area contributed by atoms with E-state index in [0.29, 0.717) is 12.2 Å². The summed E-state index contributed by atoms with van der Waals surface area (Å²) >= 11 is 0. The molecule has 0 aliphatic heterocycles. The van der Waals surface area contributed by atoms with E-state index in [-0.39, 0.29) is 11.7 Å². The number of aromatic hydroxyl groups is 1. The summed E-state index contributed by atoms with van der Waals surface area (Å²) in [6.45, 7) is 3.98. The third-order valence-corrected chi connectivity index (χ3v) is 3.68. The molecule has 3 aromatic rings. The molecular formula is C19H18N2O3. The summed E-state index contributed by atoms with van der Waals surface area (Å²) in [6.07, 6.45) is 1.68. The molecule has 0 aliphatic carbocycles. The average Bonchev–Trinajstić information content (AvgIpc) is 2.88. The molecule has 122 valence electrons. The zero-order valence-electron chi connectivity index (χ0n) is 13.5. The fourth-order valence-electron chi connectivity index (χ4n) is 2.62. The highest BCUT2D eigenvalue weighted by Crippen LogP contribution is 2.27. The van der Waals surface area contributed by atoms with E-state index in [1.54, 1.807) is 31.3 Å². The Kier molecular flexibility index (Phi) is 4.33. The van der Waals surface area contributed by atoms with Gasteiger partial charge in [-0.25, -0.2) is 4.79 Å². The van der Waals surface area contributed by atoms with Crippen molar-refractivity contribution in [3.63, 3.8) is 0 Å². The SMILES string of the molecule is CCOC(=O)c1c(C)[nH]c2cc(N=Cc3cccc(O)c3)ccc12. The van der Waals surface area contributed by atoms with Crippen LogP contribution in [0.4, 0.5) is 5.69 Å². The van der Waals surface area contributed by atoms with E-state index in [4.69, 9.17) is 4.74 Å². The first-order chi connectivity index (χ1) is 11.6. The van der Waals surface area contributed by atoms with Gasteiger partial charge in [0.1, 0.15) is 5.75 Å². The maximum absolute atomic E-state index is 12.1. The fourth-order valence-corrected chi connectivity index (χ4v) is 2.62. The summed E-state index contributed by atoms with van der Waals surface area (Å²) in [5.74, 6) is -0.120. The Morgan fingerprint density at radius 1 is 1.29 bits per heavy atom. The maximum atomic E-state index is 12.1. The number of rotatable bonds is 4. The quantitative estimate of drug-likeness (QED) is 0.561. The molecular weight excluding hydrogens is 304 g/mol. The summed E-state index contributed by atoms with van der Waals surface area (Å²) in [4.78, 5) is 19.7. The first-order valence-electron chi connectivity index (χ1n) is 7.71. The Hall–Kier alpha value is -3.08. The van der Waals surface area contributed by atoms with Gasteiger partial charge in [0.2, 0.25) is 0 Å². The second-order valence-corrected chi connectivity index (χ2v) is 5.43. The molecule has 0 spiro atoms. The minimum Gasteiger partial charge on any atom is -0.508 e. The number of fused-ring (bicyclic) bond motifs is 1. The number of H-pyrrole nitrogens is 1. The molecule has 0 amide bonds. The van der Waals surface area contributed by atoms with Crippen molar-refractivity contribution in [3.05, 3.63) is 59.3 Å². The molecule has 2 aromatic carbocycles. The van der Waals surface area contributed by atoms with Gasteiger partial charge in [-0.2, -0.15) is 0 Å². The molecule has 1 heterocycles. The third-order valence-electron chi connectivity index (χ3n) is 3.68. The van der Waals surface area contributed by atoms with Crippen LogP contribution >= 0.6 is 0 Å². The predicted octanol–water partition coefficient (Wildman–Crippen LogP) is 4.11. The van der Waals surface area contributed by atoms with Crippen molar-refractivity contribution in [3.8, 4) is 5.75 Å². The molecule has 0 unspecified atom stereocenters. The zero-order chi connectivity index (χ0) is 17.1. The van der Waals surface area contributed by atoms with E-state index < -0.39 is 0 Å². The molecule has 24 heavy (non-hydrogen) atoms. The third kappa shape index (κ3) is 3.15. The van der Waals surface area contributed by atoms with Crippen LogP contribution in [0.3, 0.4) is 0 Å². The van der Waals surface area contributed by atoms with Crippen molar-refractivity contribution in [2.24, 2.45) is 4.99 Å². The average molecular weight is 322 g/mol. The van der Waals surface area contributed by atoms with E-state index in [1.165, 1.54) is 0 Å². The Balaban J connectivity index is 1.93. The van der Waals surface area contributed by atoms with Crippen molar-refractivity contribution in [1.29, 1.82) is 0 Å². The fraction of sp³-hybridized carbons (Fsp3) is 0.158. The minimum absolute atomic E-state index is 0.202. The molecule has 5 heteroatoms. The van der Waals surface area contributed by atoms with Gasteiger partial charge in [-0.3, -0.25) is 4.99 Å². The van der Waals surface area contributed by atoms with Gasteiger partial charge in [0.15, 0.2) is 0 Å². The van der Waals surface area contributed by atoms with Gasteiger partial charge >= 0.3 is 5.97 Å². The molecule has 1 aromatic heterocycles. The van der Waals surface area contributed by atoms with E-state index in [0.717, 1.165) is 27.8 Å². The van der Waals surface area contributed by atoms with Crippen molar-refractivity contribution in [1.82, 2.24) is 4.98 Å². The predicted molar refractivity (Wildman–Crippen MR) is 94.4 cm³/mol. The van der Waals surface area contributed by atoms with Crippen molar-refractivity contribution < 1.29 is 14.6 Å². The number of hydrogen-bond acceptors (Lipinski definition) is 4. The monoisotopic (exact) mass is 322 g/mol. The van der Waals surface area contributed by atoms with Crippen LogP contribution in [-0.4, -0.2) is 28.9 Å². The lowest BCUT2D eigenvalue weighted by molar-refractivity contribution is 0.0528. The molecule has 0 saturated heterocycles. The van der Waals surface area contributed by atoms with Gasteiger partial charge in [0.25, 0.3) is 0 Å². The number of ether oxygens (including phenoxy) is 1. The minimum atomic E-state index is -0.322. The number of carbonyl (C=O) groups excluding carboxylic acids is 1. The molecule has 0 atom stereocenters. The lowest BCUT2D eigenvalue weighted by atomic mass is 10.1. The van der Waals surface area contributed by atoms with Gasteiger partial charge in [0, 0.05) is 22.8 Å². The number of phenols is 1. The number of benzene rings is 2. The number of aliphatic imine (C=N–C) groups is 1. The number of carbonyl (C=O) groups is 1. The van der Waals surface area contributed by atoms with Crippen LogP contribution in [0.2, 0.25) is 0 Å². The van der Waals surface area contributed by atoms with Crippen LogP contribution in [0.25, 0.3) is 10.9 Å². The summed E-state index contributed by atoms with van der Waals surface area (Å²) in [7, 11) is 0. The molecule has 3 rings (SSSR count). The van der Waals surface area contributed by atoms with Crippen LogP contribution in [0, 0.1) is 6.92 Å². The zero-order valence-corrected chi connectivity index (χ0v) is 13.5. The van der Waals surface area contributed by atoms with Gasteiger partial charge in [-0.05, 0) is 49.7 Å². The normalized spacial score (nSPS) is 11.2. The van der Waals surface area contributed by atoms with E-state index in [2.05, 4.69) is 9.98 Å². The van der Waals surface area contributed by atoms with Crippen molar-refractivity contribution in [2.45, 2.75) is 13.8 Å². The van der Waals surface area contributed by atoms with Crippen LogP contribution in [-0.2, 0) is 4.74 Å². The van der Waals surface area contributed by atoms with Crippen LogP contribution in [0.5, 0.6) is 5.75 Å². The highest BCUT2D eigenvalue weighted by atomic mass is 16.5. The Labute approximate surface area is 139 Å². The van der Waals surface area contributed by atoms with Gasteiger partial charge in [-0.15, -0.1) is 0 Å². The molecule has 0 bridgehead atoms. The van der Waals surface area contributed by atoms with Gasteiger partial charge < -0.3 is 14.8 Å². The highest BCUT2D eigenvalue weighted by molar-refractivity contribution is 6.06. The van der Waals surface area contributed by atoms with Crippen LogP contribution in [0.15, 0.2) is 47.5 Å². The number of hydrogen-bond donors (Lipinski definition) is 2. The first kappa shape index (κ1) is 15.8. The summed E-state index contributed by atoms with van der Waals surface area (Å²) in [5, 5.41) is 10.3. The Morgan fingerprint density at radius 2 is 2.12 bits per heavy atom. The summed E-state index contributed by atoms with van der Waals surface area (Å²) in [6, 6.07) is 12.5. The van der Waals surface area contributed by atoms with Gasteiger partial charge in [0.05, 0.1) is 17.9 Å². The molecule has 0 aliphatic rings. The highest BCUT2D eigenvalue weighted by Gasteiger charge is 2.17. The Morgan fingerprint density at radius 3 is 2.88 bits per heavy atom. The van der Waals surface area contributed by atoms with Crippen molar-refractivity contribution >= 4 is 28.8 Å². The standard InChI is InChI=1S/C19H18N2O3/c1-3-24-19(23)18-12(2)21-17-10-14(7-8-16(17)18)20-11-13-5-4-6-15(22)9-13/h4-11,21-22H,3H2,1-2H3. The smallest absolute Gasteiger partial charge is 0.340 e. The molecule has 0 saturated carbocycles. The molecule has 5 nitrogen and oxygen atoms in total. The lowest BCUT2D eigenvalue weighted by Crippen LogP contribution is -2.05. The van der Waals surface area contributed by atoms with E-state index in [1.807, 2.05) is 31.2 Å². The first-order valence-corrected chi connectivity index (χ1v) is 7.71. The summed E-state index contributed by atoms with van der Waals surface area (Å²) < 4.78 is 5.11. The van der Waals surface area contributed by atoms with Crippen LogP contribution in [0.1, 0.15) is 28.5 Å². The Bertz CT molecular complexity index is 926. The number of aryl methyl sites for hydroxylation is 1. The number of nitrogens with one attached hydrogen (secondary N) is 1. The second kappa shape index (κ2) is 6.58. The van der Waals surface area contributed by atoms with E-state index in [9.17, 15) is 9.90 Å². The number of phenolic OH excluding ortho intramolecular Hbond substituents is 1. The van der Waals surface area contributed by atoms with Gasteiger partial charge in [-0.1, -0.05) is 12.1 Å².